The van der Waals surface area contributed by atoms with Gasteiger partial charge in [0.25, 0.3) is 5.91 Å². The first-order valence-electron chi connectivity index (χ1n) is 7.16. The van der Waals surface area contributed by atoms with Crippen molar-refractivity contribution >= 4 is 17.2 Å². The molecule has 1 N–H and O–H groups in total. The first kappa shape index (κ1) is 16.3. The third kappa shape index (κ3) is 4.46. The number of para-hydroxylation sites is 2. The van der Waals surface area contributed by atoms with Gasteiger partial charge in [-0.3, -0.25) is 4.79 Å². The molecule has 0 aliphatic rings. The Hall–Kier alpha value is -2.08. The van der Waals surface area contributed by atoms with E-state index in [0.717, 1.165) is 10.7 Å². The summed E-state index contributed by atoms with van der Waals surface area (Å²) in [5.74, 6) is 1.02. The van der Waals surface area contributed by atoms with Crippen LogP contribution in [0, 0.1) is 6.92 Å². The number of hydrogen-bond acceptors (Lipinski definition) is 5. The first-order valence-corrected chi connectivity index (χ1v) is 8.04. The minimum Gasteiger partial charge on any atom is -0.490 e. The van der Waals surface area contributed by atoms with Gasteiger partial charge in [0.1, 0.15) is 0 Å². The second-order valence-electron chi connectivity index (χ2n) is 4.75. The van der Waals surface area contributed by atoms with Crippen molar-refractivity contribution in [3.05, 3.63) is 40.3 Å². The molecule has 0 radical (unpaired) electrons. The summed E-state index contributed by atoms with van der Waals surface area (Å²) in [6.07, 6.45) is 0. The number of nitrogens with zero attached hydrogens (tertiary/aromatic N) is 1. The van der Waals surface area contributed by atoms with Crippen molar-refractivity contribution in [3.8, 4) is 11.5 Å². The van der Waals surface area contributed by atoms with Gasteiger partial charge < -0.3 is 14.8 Å². The number of thiazole rings is 1. The molecule has 6 heteroatoms. The van der Waals surface area contributed by atoms with E-state index in [1.54, 1.807) is 17.4 Å². The fourth-order valence-electron chi connectivity index (χ4n) is 1.92. The Kier molecular flexibility index (Phi) is 5.77. The second kappa shape index (κ2) is 7.79. The highest BCUT2D eigenvalue weighted by Gasteiger charge is 2.13. The minimum atomic E-state index is -0.190. The molecular weight excluding hydrogens is 300 g/mol. The van der Waals surface area contributed by atoms with E-state index in [1.165, 1.54) is 0 Å². The van der Waals surface area contributed by atoms with Crippen LogP contribution in [0.2, 0.25) is 0 Å². The number of rotatable bonds is 7. The van der Waals surface area contributed by atoms with Crippen LogP contribution in [0.5, 0.6) is 11.5 Å². The van der Waals surface area contributed by atoms with Crippen LogP contribution < -0.4 is 14.8 Å². The van der Waals surface area contributed by atoms with Gasteiger partial charge in [0.15, 0.2) is 18.1 Å². The maximum absolute atomic E-state index is 12.0. The van der Waals surface area contributed by atoms with Gasteiger partial charge in [-0.15, -0.1) is 11.3 Å². The van der Waals surface area contributed by atoms with Gasteiger partial charge in [0.05, 0.1) is 23.4 Å². The number of carbonyl (C=O) groups is 1. The van der Waals surface area contributed by atoms with Gasteiger partial charge in [0.2, 0.25) is 0 Å². The Balaban J connectivity index is 1.88. The summed E-state index contributed by atoms with van der Waals surface area (Å²) in [6, 6.07) is 7.17. The highest BCUT2D eigenvalue weighted by atomic mass is 32.1. The molecule has 1 aromatic carbocycles. The predicted molar refractivity (Wildman–Crippen MR) is 86.5 cm³/mol. The van der Waals surface area contributed by atoms with Crippen LogP contribution in [0.15, 0.2) is 29.6 Å². The van der Waals surface area contributed by atoms with Crippen molar-refractivity contribution < 1.29 is 14.3 Å². The van der Waals surface area contributed by atoms with Crippen LogP contribution in [-0.2, 0) is 4.79 Å². The quantitative estimate of drug-likeness (QED) is 0.851. The summed E-state index contributed by atoms with van der Waals surface area (Å²) in [4.78, 5) is 16.3. The molecule has 1 unspecified atom stereocenters. The lowest BCUT2D eigenvalue weighted by molar-refractivity contribution is -0.123. The number of nitrogens with one attached hydrogen (secondary N) is 1. The molecule has 0 saturated heterocycles. The van der Waals surface area contributed by atoms with Gasteiger partial charge in [0, 0.05) is 5.38 Å². The molecule has 0 saturated carbocycles. The number of ether oxygens (including phenoxy) is 2. The molecule has 22 heavy (non-hydrogen) atoms. The van der Waals surface area contributed by atoms with Crippen LogP contribution in [-0.4, -0.2) is 24.1 Å². The predicted octanol–water partition coefficient (Wildman–Crippen LogP) is 3.11. The molecule has 0 aliphatic heterocycles. The lowest BCUT2D eigenvalue weighted by atomic mass is 10.2. The molecular formula is C16H20N2O3S. The molecule has 1 heterocycles. The van der Waals surface area contributed by atoms with E-state index in [4.69, 9.17) is 9.47 Å². The Labute approximate surface area is 134 Å². The van der Waals surface area contributed by atoms with Crippen molar-refractivity contribution in [2.45, 2.75) is 26.8 Å². The number of aromatic nitrogens is 1. The highest BCUT2D eigenvalue weighted by molar-refractivity contribution is 7.09. The first-order chi connectivity index (χ1) is 10.6. The van der Waals surface area contributed by atoms with Gasteiger partial charge in [-0.1, -0.05) is 12.1 Å². The number of benzene rings is 1. The fraction of sp³-hybridized carbons (Fsp3) is 0.375. The monoisotopic (exact) mass is 320 g/mol. The maximum atomic E-state index is 12.0. The van der Waals surface area contributed by atoms with Crippen LogP contribution in [0.4, 0.5) is 0 Å². The molecule has 118 valence electrons. The van der Waals surface area contributed by atoms with E-state index in [2.05, 4.69) is 10.3 Å². The van der Waals surface area contributed by atoms with Crippen molar-refractivity contribution in [2.24, 2.45) is 0 Å². The van der Waals surface area contributed by atoms with Crippen molar-refractivity contribution in [2.75, 3.05) is 13.2 Å². The van der Waals surface area contributed by atoms with Gasteiger partial charge >= 0.3 is 0 Å². The van der Waals surface area contributed by atoms with Crippen molar-refractivity contribution in [1.29, 1.82) is 0 Å². The van der Waals surface area contributed by atoms with Crippen molar-refractivity contribution in [3.63, 3.8) is 0 Å². The average Bonchev–Trinajstić information content (AvgIpc) is 2.93. The summed E-state index contributed by atoms with van der Waals surface area (Å²) in [5, 5.41) is 5.80. The fourth-order valence-corrected chi connectivity index (χ4v) is 2.63. The molecule has 0 aliphatic carbocycles. The second-order valence-corrected chi connectivity index (χ2v) is 5.81. The lowest BCUT2D eigenvalue weighted by Gasteiger charge is -2.14. The molecule has 2 rings (SSSR count). The SMILES string of the molecule is CCOc1ccccc1OCC(=O)NC(C)c1csc(C)n1. The number of carbonyl (C=O) groups excluding carboxylic acids is 1. The topological polar surface area (TPSA) is 60.5 Å². The summed E-state index contributed by atoms with van der Waals surface area (Å²) >= 11 is 1.57. The third-order valence-electron chi connectivity index (χ3n) is 2.97. The van der Waals surface area contributed by atoms with Crippen LogP contribution in [0.3, 0.4) is 0 Å². The zero-order valence-corrected chi connectivity index (χ0v) is 13.8. The lowest BCUT2D eigenvalue weighted by Crippen LogP contribution is -2.31. The Morgan fingerprint density at radius 3 is 2.59 bits per heavy atom. The third-order valence-corrected chi connectivity index (χ3v) is 3.76. The highest BCUT2D eigenvalue weighted by Crippen LogP contribution is 2.26. The molecule has 0 fully saturated rings. The van der Waals surface area contributed by atoms with Crippen LogP contribution in [0.25, 0.3) is 0 Å². The molecule has 1 aromatic heterocycles. The van der Waals surface area contributed by atoms with E-state index in [-0.39, 0.29) is 18.6 Å². The zero-order valence-electron chi connectivity index (χ0n) is 13.0. The molecule has 2 aromatic rings. The maximum Gasteiger partial charge on any atom is 0.258 e. The van der Waals surface area contributed by atoms with Crippen LogP contribution in [0.1, 0.15) is 30.6 Å². The zero-order chi connectivity index (χ0) is 15.9. The summed E-state index contributed by atoms with van der Waals surface area (Å²) in [6.45, 7) is 6.24. The molecule has 1 amide bonds. The standard InChI is InChI=1S/C16H20N2O3S/c1-4-20-14-7-5-6-8-15(14)21-9-16(19)17-11(2)13-10-22-12(3)18-13/h5-8,10-11H,4,9H2,1-3H3,(H,17,19). The Morgan fingerprint density at radius 1 is 1.32 bits per heavy atom. The van der Waals surface area contributed by atoms with E-state index >= 15 is 0 Å². The summed E-state index contributed by atoms with van der Waals surface area (Å²) in [7, 11) is 0. The van der Waals surface area contributed by atoms with Crippen LogP contribution >= 0.6 is 11.3 Å². The average molecular weight is 320 g/mol. The largest absolute Gasteiger partial charge is 0.490 e. The van der Waals surface area contributed by atoms with E-state index in [1.807, 2.05) is 44.4 Å². The van der Waals surface area contributed by atoms with E-state index in [0.29, 0.717) is 18.1 Å². The number of hydrogen-bond donors (Lipinski definition) is 1. The summed E-state index contributed by atoms with van der Waals surface area (Å²) < 4.78 is 11.0. The minimum absolute atomic E-state index is 0.0580. The smallest absolute Gasteiger partial charge is 0.258 e. The van der Waals surface area contributed by atoms with E-state index < -0.39 is 0 Å². The summed E-state index contributed by atoms with van der Waals surface area (Å²) in [5.41, 5.74) is 0.866. The molecule has 5 nitrogen and oxygen atoms in total. The molecule has 1 atom stereocenters. The molecule has 0 bridgehead atoms. The van der Waals surface area contributed by atoms with E-state index in [9.17, 15) is 4.79 Å². The van der Waals surface area contributed by atoms with Gasteiger partial charge in [-0.05, 0) is 32.9 Å². The Bertz CT molecular complexity index is 627. The number of aryl methyl sites for hydroxylation is 1. The molecule has 0 spiro atoms. The van der Waals surface area contributed by atoms with Gasteiger partial charge in [-0.2, -0.15) is 0 Å². The normalized spacial score (nSPS) is 11.8. The van der Waals surface area contributed by atoms with Crippen molar-refractivity contribution in [1.82, 2.24) is 10.3 Å². The number of amides is 1. The van der Waals surface area contributed by atoms with Gasteiger partial charge in [-0.25, -0.2) is 4.98 Å². The Morgan fingerprint density at radius 2 is 2.00 bits per heavy atom.